The van der Waals surface area contributed by atoms with E-state index in [9.17, 15) is 4.79 Å². The lowest BCUT2D eigenvalue weighted by atomic mass is 9.93. The zero-order valence-corrected chi connectivity index (χ0v) is 18.4. The van der Waals surface area contributed by atoms with Crippen molar-refractivity contribution in [1.82, 2.24) is 20.1 Å². The molecule has 32 heavy (non-hydrogen) atoms. The van der Waals surface area contributed by atoms with Crippen LogP contribution in [-0.2, 0) is 11.3 Å². The van der Waals surface area contributed by atoms with E-state index in [2.05, 4.69) is 10.3 Å². The van der Waals surface area contributed by atoms with E-state index in [1.54, 1.807) is 36.2 Å². The fraction of sp³-hybridized carbons (Fsp3) is 0.318. The van der Waals surface area contributed by atoms with E-state index in [0.29, 0.717) is 27.7 Å². The van der Waals surface area contributed by atoms with Gasteiger partial charge in [-0.3, -0.25) is 14.5 Å². The van der Waals surface area contributed by atoms with Crippen LogP contribution in [-0.4, -0.2) is 46.2 Å². The summed E-state index contributed by atoms with van der Waals surface area (Å²) in [6, 6.07) is 5.61. The highest BCUT2D eigenvalue weighted by molar-refractivity contribution is 6.31. The Bertz CT molecular complexity index is 1140. The van der Waals surface area contributed by atoms with Gasteiger partial charge in [0.2, 0.25) is 5.91 Å². The maximum Gasteiger partial charge on any atom is 0.241 e. The maximum atomic E-state index is 12.6. The number of ether oxygens (including phenoxy) is 1. The van der Waals surface area contributed by atoms with E-state index in [4.69, 9.17) is 27.2 Å². The van der Waals surface area contributed by atoms with Gasteiger partial charge in [-0.2, -0.15) is 5.10 Å². The van der Waals surface area contributed by atoms with Crippen molar-refractivity contribution in [2.45, 2.75) is 38.0 Å². The second kappa shape index (κ2) is 8.33. The zero-order chi connectivity index (χ0) is 22.2. The Morgan fingerprint density at radius 3 is 2.97 bits per heavy atom. The third-order valence-corrected chi connectivity index (χ3v) is 6.01. The molecule has 166 valence electrons. The minimum Gasteiger partial charge on any atom is -0.496 e. The number of benzene rings is 1. The van der Waals surface area contributed by atoms with E-state index in [1.165, 1.54) is 0 Å². The van der Waals surface area contributed by atoms with Gasteiger partial charge >= 0.3 is 0 Å². The molecule has 10 heteroatoms. The molecule has 0 spiro atoms. The first-order valence-corrected chi connectivity index (χ1v) is 10.9. The smallest absolute Gasteiger partial charge is 0.241 e. The number of nitrogens with two attached hydrogens (primary N) is 1. The van der Waals surface area contributed by atoms with Gasteiger partial charge in [0.05, 0.1) is 13.3 Å². The second-order valence-electron chi connectivity index (χ2n) is 7.92. The number of anilines is 1. The van der Waals surface area contributed by atoms with Crippen LogP contribution in [0.4, 0.5) is 5.69 Å². The van der Waals surface area contributed by atoms with Gasteiger partial charge < -0.3 is 15.8 Å². The number of fused-ring (bicyclic) bond motifs is 1. The number of hydrogen-bond donors (Lipinski definition) is 2. The Labute approximate surface area is 190 Å². The van der Waals surface area contributed by atoms with Crippen LogP contribution in [0.5, 0.6) is 5.75 Å². The molecule has 1 amide bonds. The number of hydrazine groups is 1. The van der Waals surface area contributed by atoms with Crippen LogP contribution in [0.15, 0.2) is 53.6 Å². The number of aromatic nitrogens is 2. The number of nitrogens with zero attached hydrogens (tertiary/aromatic N) is 5. The van der Waals surface area contributed by atoms with Crippen molar-refractivity contribution in [2.24, 2.45) is 10.7 Å². The van der Waals surface area contributed by atoms with E-state index < -0.39 is 6.17 Å². The quantitative estimate of drug-likeness (QED) is 0.697. The van der Waals surface area contributed by atoms with Crippen LogP contribution < -0.4 is 20.8 Å². The van der Waals surface area contributed by atoms with Crippen molar-refractivity contribution in [3.05, 3.63) is 53.6 Å². The van der Waals surface area contributed by atoms with Crippen molar-refractivity contribution >= 4 is 29.4 Å². The van der Waals surface area contributed by atoms with Gasteiger partial charge in [0, 0.05) is 29.0 Å². The highest BCUT2D eigenvalue weighted by atomic mass is 35.5. The summed E-state index contributed by atoms with van der Waals surface area (Å²) >= 11 is 6.30. The van der Waals surface area contributed by atoms with Gasteiger partial charge in [-0.25, -0.2) is 10.0 Å². The van der Waals surface area contributed by atoms with E-state index >= 15 is 0 Å². The van der Waals surface area contributed by atoms with Gasteiger partial charge in [0.25, 0.3) is 0 Å². The number of nitrogens with one attached hydrogen (secondary N) is 1. The van der Waals surface area contributed by atoms with Gasteiger partial charge in [-0.1, -0.05) is 11.6 Å². The van der Waals surface area contributed by atoms with Crippen LogP contribution >= 0.6 is 11.6 Å². The molecule has 3 heterocycles. The number of amides is 1. The lowest BCUT2D eigenvalue weighted by Crippen LogP contribution is -2.44. The highest BCUT2D eigenvalue weighted by Gasteiger charge is 2.34. The molecule has 2 aromatic rings. The number of carbonyl (C=O) groups excluding carboxylic acids is 1. The van der Waals surface area contributed by atoms with Crippen LogP contribution in [0, 0.1) is 0 Å². The van der Waals surface area contributed by atoms with Gasteiger partial charge in [0.15, 0.2) is 5.82 Å². The molecule has 0 radical (unpaired) electrons. The zero-order valence-electron chi connectivity index (χ0n) is 17.6. The molecule has 9 nitrogen and oxygen atoms in total. The number of allylic oxidation sites excluding steroid dienone is 1. The molecule has 1 saturated carbocycles. The van der Waals surface area contributed by atoms with Crippen LogP contribution in [0.25, 0.3) is 11.3 Å². The molecule has 5 rings (SSSR count). The fourth-order valence-corrected chi connectivity index (χ4v) is 4.18. The Balaban J connectivity index is 1.55. The van der Waals surface area contributed by atoms with Crippen molar-refractivity contribution in [1.29, 1.82) is 0 Å². The molecule has 0 saturated heterocycles. The maximum absolute atomic E-state index is 12.6. The SMILES string of the molecule is COc1ccc(Cl)cc1-c1nn(CC(=O)NC2CCC2)cc1N1C(N)C=C2N=CC=CN21. The molecular weight excluding hydrogens is 430 g/mol. The summed E-state index contributed by atoms with van der Waals surface area (Å²) < 4.78 is 7.20. The van der Waals surface area contributed by atoms with Crippen LogP contribution in [0.2, 0.25) is 5.02 Å². The third-order valence-electron chi connectivity index (χ3n) is 5.77. The topological polar surface area (TPSA) is 101 Å². The van der Waals surface area contributed by atoms with Gasteiger partial charge in [-0.05, 0) is 49.6 Å². The summed E-state index contributed by atoms with van der Waals surface area (Å²) in [6.45, 7) is 0.101. The molecule has 1 unspecified atom stereocenters. The van der Waals surface area contributed by atoms with Gasteiger partial charge in [-0.15, -0.1) is 0 Å². The number of methoxy groups -OCH3 is 1. The third kappa shape index (κ3) is 3.74. The predicted octanol–water partition coefficient (Wildman–Crippen LogP) is 2.64. The number of aliphatic imine (C=N–C) groups is 1. The van der Waals surface area contributed by atoms with Crippen LogP contribution in [0.1, 0.15) is 19.3 Å². The first-order chi connectivity index (χ1) is 15.5. The summed E-state index contributed by atoms with van der Waals surface area (Å²) in [5, 5.41) is 12.1. The normalized spacial score (nSPS) is 19.6. The van der Waals surface area contributed by atoms with E-state index in [1.807, 2.05) is 34.6 Å². The molecule has 0 bridgehead atoms. The number of carbonyl (C=O) groups is 1. The summed E-state index contributed by atoms with van der Waals surface area (Å²) in [7, 11) is 1.60. The Hall–Kier alpha value is -3.30. The molecule has 1 aromatic carbocycles. The predicted molar refractivity (Wildman–Crippen MR) is 123 cm³/mol. The molecule has 1 aliphatic carbocycles. The average molecular weight is 454 g/mol. The molecule has 3 N–H and O–H groups in total. The number of hydrogen-bond acceptors (Lipinski definition) is 7. The first-order valence-electron chi connectivity index (χ1n) is 10.5. The molecule has 3 aliphatic rings. The van der Waals surface area contributed by atoms with Crippen molar-refractivity contribution in [2.75, 3.05) is 12.1 Å². The minimum absolute atomic E-state index is 0.0691. The number of rotatable bonds is 6. The minimum atomic E-state index is -0.463. The van der Waals surface area contributed by atoms with Gasteiger partial charge in [0.1, 0.15) is 29.8 Å². The monoisotopic (exact) mass is 453 g/mol. The second-order valence-corrected chi connectivity index (χ2v) is 8.36. The molecule has 1 fully saturated rings. The standard InChI is InChI=1S/C22H24ClN7O2/c1-32-18-7-6-14(23)10-16(18)22-17(30-19(24)11-20-25-8-3-9-29(20)30)12-28(27-22)13-21(31)26-15-4-2-5-15/h3,6-12,15,19H,2,4-5,13,24H2,1H3,(H,26,31). The Morgan fingerprint density at radius 2 is 2.22 bits per heavy atom. The molecule has 2 aliphatic heterocycles. The van der Waals surface area contributed by atoms with Crippen molar-refractivity contribution in [3.8, 4) is 17.0 Å². The summed E-state index contributed by atoms with van der Waals surface area (Å²) in [5.74, 6) is 1.27. The largest absolute Gasteiger partial charge is 0.496 e. The lowest BCUT2D eigenvalue weighted by Gasteiger charge is -2.32. The first kappa shape index (κ1) is 20.6. The summed E-state index contributed by atoms with van der Waals surface area (Å²) in [6.07, 6.45) is 11.9. The Morgan fingerprint density at radius 1 is 1.38 bits per heavy atom. The summed E-state index contributed by atoms with van der Waals surface area (Å²) in [5.41, 5.74) is 8.47. The van der Waals surface area contributed by atoms with Crippen molar-refractivity contribution in [3.63, 3.8) is 0 Å². The molecule has 1 atom stereocenters. The van der Waals surface area contributed by atoms with Crippen molar-refractivity contribution < 1.29 is 9.53 Å². The molecular formula is C22H24ClN7O2. The van der Waals surface area contributed by atoms with E-state index in [-0.39, 0.29) is 18.5 Å². The average Bonchev–Trinajstić information content (AvgIpc) is 3.30. The summed E-state index contributed by atoms with van der Waals surface area (Å²) in [4.78, 5) is 16.9. The van der Waals surface area contributed by atoms with Crippen LogP contribution in [0.3, 0.4) is 0 Å². The van der Waals surface area contributed by atoms with E-state index in [0.717, 1.165) is 25.1 Å². The highest BCUT2D eigenvalue weighted by Crippen LogP contribution is 2.40. The Kier molecular flexibility index (Phi) is 5.36. The number of halogens is 1. The lowest BCUT2D eigenvalue weighted by molar-refractivity contribution is -0.123. The molecule has 1 aromatic heterocycles. The fourth-order valence-electron chi connectivity index (χ4n) is 4.01.